The zero-order valence-corrected chi connectivity index (χ0v) is 13.1. The Labute approximate surface area is 130 Å². The summed E-state index contributed by atoms with van der Waals surface area (Å²) in [4.78, 5) is 14.6. The number of rotatable bonds is 4. The molecule has 0 unspecified atom stereocenters. The van der Waals surface area contributed by atoms with Gasteiger partial charge in [-0.3, -0.25) is 4.79 Å². The first-order valence-electron chi connectivity index (χ1n) is 6.07. The highest BCUT2D eigenvalue weighted by Crippen LogP contribution is 2.23. The molecular weight excluding hydrogens is 338 g/mol. The number of hydrogen-bond acceptors (Lipinski definition) is 4. The average molecular weight is 352 g/mol. The Bertz CT molecular complexity index is 695. The van der Waals surface area contributed by atoms with Crippen molar-refractivity contribution in [2.45, 2.75) is 6.92 Å². The molecule has 0 aliphatic heterocycles. The number of aromatic amines is 1. The third-order valence-electron chi connectivity index (χ3n) is 2.81. The number of carbonyl (C=O) groups is 1. The van der Waals surface area contributed by atoms with Gasteiger partial charge in [0.2, 0.25) is 0 Å². The van der Waals surface area contributed by atoms with Gasteiger partial charge in [-0.2, -0.15) is 5.10 Å². The molecule has 21 heavy (non-hydrogen) atoms. The molecule has 0 aliphatic rings. The highest BCUT2D eigenvalue weighted by atomic mass is 79.9. The number of amides is 1. The summed E-state index contributed by atoms with van der Waals surface area (Å²) in [5, 5.41) is 13.8. The molecule has 0 saturated heterocycles. The SMILES string of the molecule is COc1ccc(O)c(/C(C)=N/NC(=O)c2cc(Br)c[nH]2)c1. The largest absolute Gasteiger partial charge is 0.507 e. The lowest BCUT2D eigenvalue weighted by Crippen LogP contribution is -2.19. The van der Waals surface area contributed by atoms with Crippen LogP contribution in [-0.4, -0.2) is 28.8 Å². The smallest absolute Gasteiger partial charge is 0.287 e. The van der Waals surface area contributed by atoms with Gasteiger partial charge in [-0.15, -0.1) is 0 Å². The summed E-state index contributed by atoms with van der Waals surface area (Å²) < 4.78 is 5.87. The van der Waals surface area contributed by atoms with Gasteiger partial charge in [-0.1, -0.05) is 0 Å². The molecular formula is C14H14BrN3O3. The fourth-order valence-corrected chi connectivity index (χ4v) is 2.03. The molecule has 1 aromatic carbocycles. The third kappa shape index (κ3) is 3.63. The number of carbonyl (C=O) groups excluding carboxylic acids is 1. The van der Waals surface area contributed by atoms with E-state index >= 15 is 0 Å². The topological polar surface area (TPSA) is 86.7 Å². The summed E-state index contributed by atoms with van der Waals surface area (Å²) in [5.41, 5.74) is 3.75. The highest BCUT2D eigenvalue weighted by Gasteiger charge is 2.09. The Morgan fingerprint density at radius 2 is 2.19 bits per heavy atom. The lowest BCUT2D eigenvalue weighted by molar-refractivity contribution is 0.0950. The van der Waals surface area contributed by atoms with Crippen LogP contribution in [0.25, 0.3) is 0 Å². The second-order valence-corrected chi connectivity index (χ2v) is 5.17. The van der Waals surface area contributed by atoms with E-state index in [4.69, 9.17) is 4.74 Å². The minimum Gasteiger partial charge on any atom is -0.507 e. The van der Waals surface area contributed by atoms with Crippen molar-refractivity contribution in [3.05, 3.63) is 46.2 Å². The summed E-state index contributed by atoms with van der Waals surface area (Å²) in [6.07, 6.45) is 1.65. The minimum atomic E-state index is -0.373. The number of benzene rings is 1. The number of phenolic OH excluding ortho intramolecular Hbond substituents is 1. The number of H-pyrrole nitrogens is 1. The van der Waals surface area contributed by atoms with E-state index in [2.05, 4.69) is 31.4 Å². The predicted molar refractivity (Wildman–Crippen MR) is 82.8 cm³/mol. The lowest BCUT2D eigenvalue weighted by Gasteiger charge is -2.07. The highest BCUT2D eigenvalue weighted by molar-refractivity contribution is 9.10. The molecule has 2 rings (SSSR count). The number of hydrogen-bond donors (Lipinski definition) is 3. The summed E-state index contributed by atoms with van der Waals surface area (Å²) >= 11 is 3.25. The Hall–Kier alpha value is -2.28. The molecule has 1 amide bonds. The maximum absolute atomic E-state index is 11.8. The van der Waals surface area contributed by atoms with Crippen molar-refractivity contribution in [3.8, 4) is 11.5 Å². The summed E-state index contributed by atoms with van der Waals surface area (Å²) in [7, 11) is 1.54. The fourth-order valence-electron chi connectivity index (χ4n) is 1.69. The monoisotopic (exact) mass is 351 g/mol. The van der Waals surface area contributed by atoms with Crippen LogP contribution < -0.4 is 10.2 Å². The van der Waals surface area contributed by atoms with E-state index in [1.165, 1.54) is 13.2 Å². The zero-order chi connectivity index (χ0) is 15.4. The molecule has 0 radical (unpaired) electrons. The molecule has 1 heterocycles. The van der Waals surface area contributed by atoms with Crippen molar-refractivity contribution in [2.75, 3.05) is 7.11 Å². The fraction of sp³-hybridized carbons (Fsp3) is 0.143. The third-order valence-corrected chi connectivity index (χ3v) is 3.27. The van der Waals surface area contributed by atoms with Gasteiger partial charge in [0.05, 0.1) is 12.8 Å². The predicted octanol–water partition coefficient (Wildman–Crippen LogP) is 2.65. The number of aromatic hydroxyl groups is 1. The first-order chi connectivity index (χ1) is 10.0. The molecule has 110 valence electrons. The van der Waals surface area contributed by atoms with Gasteiger partial charge in [-0.25, -0.2) is 5.43 Å². The molecule has 0 fully saturated rings. The molecule has 0 spiro atoms. The molecule has 0 saturated carbocycles. The second-order valence-electron chi connectivity index (χ2n) is 4.25. The van der Waals surface area contributed by atoms with Crippen molar-refractivity contribution in [1.29, 1.82) is 0 Å². The first kappa shape index (κ1) is 15.1. The van der Waals surface area contributed by atoms with Gasteiger partial charge in [0.1, 0.15) is 17.2 Å². The quantitative estimate of drug-likeness (QED) is 0.584. The van der Waals surface area contributed by atoms with Crippen molar-refractivity contribution in [3.63, 3.8) is 0 Å². The van der Waals surface area contributed by atoms with Crippen LogP contribution in [0.15, 0.2) is 40.0 Å². The number of aromatic nitrogens is 1. The molecule has 0 atom stereocenters. The molecule has 6 nitrogen and oxygen atoms in total. The van der Waals surface area contributed by atoms with Gasteiger partial charge in [0, 0.05) is 16.2 Å². The van der Waals surface area contributed by atoms with Gasteiger partial charge in [0.25, 0.3) is 5.91 Å². The average Bonchev–Trinajstić information content (AvgIpc) is 2.91. The Morgan fingerprint density at radius 1 is 1.43 bits per heavy atom. The van der Waals surface area contributed by atoms with Crippen LogP contribution in [0.4, 0.5) is 0 Å². The minimum absolute atomic E-state index is 0.0638. The van der Waals surface area contributed by atoms with Crippen molar-refractivity contribution in [2.24, 2.45) is 5.10 Å². The van der Waals surface area contributed by atoms with Crippen LogP contribution in [-0.2, 0) is 0 Å². The number of nitrogens with one attached hydrogen (secondary N) is 2. The number of halogens is 1. The number of ether oxygens (including phenoxy) is 1. The molecule has 0 bridgehead atoms. The first-order valence-corrected chi connectivity index (χ1v) is 6.86. The van der Waals surface area contributed by atoms with Crippen molar-refractivity contribution < 1.29 is 14.6 Å². The Balaban J connectivity index is 2.16. The van der Waals surface area contributed by atoms with E-state index < -0.39 is 0 Å². The Kier molecular flexibility index (Phi) is 4.64. The van der Waals surface area contributed by atoms with Crippen LogP contribution in [0.2, 0.25) is 0 Å². The van der Waals surface area contributed by atoms with Gasteiger partial charge >= 0.3 is 0 Å². The molecule has 0 aliphatic carbocycles. The summed E-state index contributed by atoms with van der Waals surface area (Å²) in [6, 6.07) is 6.44. The zero-order valence-electron chi connectivity index (χ0n) is 11.5. The maximum atomic E-state index is 11.8. The Morgan fingerprint density at radius 3 is 2.81 bits per heavy atom. The second kappa shape index (κ2) is 6.45. The van der Waals surface area contributed by atoms with E-state index in [1.54, 1.807) is 31.3 Å². The summed E-state index contributed by atoms with van der Waals surface area (Å²) in [6.45, 7) is 1.68. The van der Waals surface area contributed by atoms with E-state index in [1.807, 2.05) is 0 Å². The standard InChI is InChI=1S/C14H14BrN3O3/c1-8(11-6-10(21-2)3-4-13(11)19)17-18-14(20)12-5-9(15)7-16-12/h3-7,16,19H,1-2H3,(H,18,20)/b17-8+. The van der Waals surface area contributed by atoms with Crippen molar-refractivity contribution in [1.82, 2.24) is 10.4 Å². The van der Waals surface area contributed by atoms with Gasteiger partial charge in [-0.05, 0) is 47.1 Å². The van der Waals surface area contributed by atoms with Crippen LogP contribution in [0, 0.1) is 0 Å². The molecule has 2 aromatic rings. The normalized spacial score (nSPS) is 11.3. The molecule has 3 N–H and O–H groups in total. The van der Waals surface area contributed by atoms with Crippen LogP contribution in [0.1, 0.15) is 23.0 Å². The number of methoxy groups -OCH3 is 1. The number of nitrogens with zero attached hydrogens (tertiary/aromatic N) is 1. The lowest BCUT2D eigenvalue weighted by atomic mass is 10.1. The van der Waals surface area contributed by atoms with E-state index in [9.17, 15) is 9.90 Å². The molecule has 7 heteroatoms. The van der Waals surface area contributed by atoms with E-state index in [0.717, 1.165) is 4.47 Å². The summed E-state index contributed by atoms with van der Waals surface area (Å²) in [5.74, 6) is 0.285. The number of hydrazone groups is 1. The van der Waals surface area contributed by atoms with Crippen LogP contribution >= 0.6 is 15.9 Å². The van der Waals surface area contributed by atoms with E-state index in [0.29, 0.717) is 22.7 Å². The van der Waals surface area contributed by atoms with Crippen LogP contribution in [0.5, 0.6) is 11.5 Å². The van der Waals surface area contributed by atoms with Crippen LogP contribution in [0.3, 0.4) is 0 Å². The van der Waals surface area contributed by atoms with E-state index in [-0.39, 0.29) is 11.7 Å². The molecule has 1 aromatic heterocycles. The maximum Gasteiger partial charge on any atom is 0.287 e. The number of phenols is 1. The van der Waals surface area contributed by atoms with Crippen molar-refractivity contribution >= 4 is 27.5 Å². The van der Waals surface area contributed by atoms with Gasteiger partial charge in [0.15, 0.2) is 0 Å². The van der Waals surface area contributed by atoms with Gasteiger partial charge < -0.3 is 14.8 Å².